The molecule has 0 spiro atoms. The van der Waals surface area contributed by atoms with Gasteiger partial charge in [-0.15, -0.1) is 0 Å². The molecule has 0 heterocycles. The summed E-state index contributed by atoms with van der Waals surface area (Å²) in [5.74, 6) is 0. The molecule has 0 amide bonds. The van der Waals surface area contributed by atoms with E-state index in [1.54, 1.807) is 12.3 Å². The first-order chi connectivity index (χ1) is 2.27. The Bertz CT molecular complexity index is 69.7. The van der Waals surface area contributed by atoms with E-state index in [1.807, 2.05) is 0 Å². The molecule has 0 saturated heterocycles. The van der Waals surface area contributed by atoms with Crippen LogP contribution in [0.15, 0.2) is 0 Å². The zero-order valence-corrected chi connectivity index (χ0v) is 4.38. The highest BCUT2D eigenvalue weighted by molar-refractivity contribution is 7.81. The Morgan fingerprint density at radius 3 is 2.20 bits per heavy atom. The Morgan fingerprint density at radius 1 is 2.00 bits per heavy atom. The second-order valence-corrected chi connectivity index (χ2v) is 3.23. The average molecular weight is 109 g/mol. The van der Waals surface area contributed by atoms with Crippen LogP contribution >= 0.6 is 18.1 Å². The van der Waals surface area contributed by atoms with Crippen LogP contribution in [0.5, 0.6) is 0 Å². The molecule has 0 aliphatic carbocycles. The maximum Gasteiger partial charge on any atom is 0.156 e. The van der Waals surface area contributed by atoms with Gasteiger partial charge in [-0.3, -0.25) is 0 Å². The molecule has 1 nitrogen and oxygen atoms in total. The van der Waals surface area contributed by atoms with Gasteiger partial charge in [0.05, 0.1) is 0 Å². The molecule has 0 aliphatic heterocycles. The van der Waals surface area contributed by atoms with Crippen LogP contribution in [0, 0.1) is 0 Å². The maximum atomic E-state index is 9.28. The number of hydrogen-bond acceptors (Lipinski definition) is 1. The first kappa shape index (κ1) is 5.17. The van der Waals surface area contributed by atoms with Gasteiger partial charge in [-0.05, 0) is 6.66 Å². The van der Waals surface area contributed by atoms with E-state index in [-0.39, 0.29) is 0 Å². The van der Waals surface area contributed by atoms with Crippen LogP contribution in [-0.2, 0) is 4.79 Å². The lowest BCUT2D eigenvalue weighted by molar-refractivity contribution is 0.572. The van der Waals surface area contributed by atoms with E-state index in [4.69, 9.17) is 11.2 Å². The zero-order chi connectivity index (χ0) is 4.28. The molecule has 3 heteroatoms. The van der Waals surface area contributed by atoms with Gasteiger partial charge in [0.1, 0.15) is 0 Å². The van der Waals surface area contributed by atoms with E-state index in [1.165, 1.54) is 0 Å². The molecule has 5 heavy (non-hydrogen) atoms. The van der Waals surface area contributed by atoms with Crippen LogP contribution in [0.4, 0.5) is 0 Å². The third-order valence-corrected chi connectivity index (χ3v) is 0.584. The third kappa shape index (κ3) is 4.17. The van der Waals surface area contributed by atoms with E-state index >= 15 is 0 Å². The fraction of sp³-hybridized carbons (Fsp3) is 0.500. The molecule has 0 fully saturated rings. The summed E-state index contributed by atoms with van der Waals surface area (Å²) in [4.78, 5) is 9.28. The lowest BCUT2D eigenvalue weighted by atomic mass is 11.9. The van der Waals surface area contributed by atoms with Crippen LogP contribution in [-0.4, -0.2) is 12.3 Å². The van der Waals surface area contributed by atoms with Gasteiger partial charge in [-0.1, -0.05) is 11.2 Å². The average Bonchev–Trinajstić information content (AvgIpc) is 1.38. The molecule has 0 aliphatic rings. The number of rotatable bonds is 0. The largest absolute Gasteiger partial charge is 0.228 e. The Hall–Kier alpha value is 0.170. The van der Waals surface area contributed by atoms with Crippen molar-refractivity contribution in [3.8, 4) is 0 Å². The van der Waals surface area contributed by atoms with Crippen molar-refractivity contribution >= 4 is 23.8 Å². The van der Waals surface area contributed by atoms with E-state index < -0.39 is 6.90 Å². The lowest BCUT2D eigenvalue weighted by Crippen LogP contribution is -1.32. The highest BCUT2D eigenvalue weighted by atomic mass is 35.7. The molecule has 1 unspecified atom stereocenters. The number of halogens is 1. The van der Waals surface area contributed by atoms with Crippen molar-refractivity contribution in [1.29, 1.82) is 0 Å². The normalized spacial score (nSPS) is 9.60. The number of carbonyl (C=O) groups excluding carboxylic acids is 1. The summed E-state index contributed by atoms with van der Waals surface area (Å²) in [6.07, 6.45) is 0. The van der Waals surface area contributed by atoms with Gasteiger partial charge in [0.2, 0.25) is 0 Å². The quantitative estimate of drug-likeness (QED) is 0.429. The first-order valence-electron chi connectivity index (χ1n) is 1.04. The van der Waals surface area contributed by atoms with E-state index in [9.17, 15) is 4.79 Å². The van der Waals surface area contributed by atoms with Crippen molar-refractivity contribution in [2.24, 2.45) is 0 Å². The molecule has 0 aromatic carbocycles. The monoisotopic (exact) mass is 109 g/mol. The second-order valence-electron chi connectivity index (χ2n) is 0.568. The summed E-state index contributed by atoms with van der Waals surface area (Å²) < 4.78 is 0. The van der Waals surface area contributed by atoms with Gasteiger partial charge in [0.15, 0.2) is 5.66 Å². The van der Waals surface area contributed by atoms with Crippen molar-refractivity contribution in [3.63, 3.8) is 0 Å². The van der Waals surface area contributed by atoms with Crippen molar-refractivity contribution in [2.45, 2.75) is 0 Å². The van der Waals surface area contributed by atoms with E-state index in [0.29, 0.717) is 0 Å². The summed E-state index contributed by atoms with van der Waals surface area (Å²) in [7, 11) is 0. The Labute approximate surface area is 36.1 Å². The fourth-order valence-electron chi connectivity index (χ4n) is 0. The molecular weight excluding hydrogens is 106 g/mol. The predicted octanol–water partition coefficient (Wildman–Crippen LogP) is 1.32. The van der Waals surface area contributed by atoms with Gasteiger partial charge in [0, 0.05) is 6.90 Å². The van der Waals surface area contributed by atoms with Crippen LogP contribution in [0.2, 0.25) is 0 Å². The highest BCUT2D eigenvalue weighted by Gasteiger charge is 1.64. The van der Waals surface area contributed by atoms with Gasteiger partial charge in [0.25, 0.3) is 0 Å². The summed E-state index contributed by atoms with van der Waals surface area (Å²) in [5.41, 5.74) is 1.61. The molecule has 1 radical (unpaired) electrons. The second kappa shape index (κ2) is 2.41. The molecule has 1 atom stereocenters. The minimum Gasteiger partial charge on any atom is -0.228 e. The summed E-state index contributed by atoms with van der Waals surface area (Å²) >= 11 is 5.10. The van der Waals surface area contributed by atoms with Gasteiger partial charge in [-0.2, -0.15) is 0 Å². The lowest BCUT2D eigenvalue weighted by Gasteiger charge is -1.60. The molecule has 0 saturated carbocycles. The fourth-order valence-corrected chi connectivity index (χ4v) is 0. The van der Waals surface area contributed by atoms with Crippen LogP contribution in [0.1, 0.15) is 0 Å². The zero-order valence-electron chi connectivity index (χ0n) is 2.73. The van der Waals surface area contributed by atoms with Crippen molar-refractivity contribution < 1.29 is 4.79 Å². The molecule has 29 valence electrons. The molecular formula is C2H3ClOP. The Kier molecular flexibility index (Phi) is 2.49. The standard InChI is InChI=1S/C2H3ClOP/c1-5(3)2-4/h1H3. The number of hydrogen-bond donors (Lipinski definition) is 0. The van der Waals surface area contributed by atoms with Gasteiger partial charge in [-0.25, -0.2) is 4.79 Å². The smallest absolute Gasteiger partial charge is 0.156 e. The highest BCUT2D eigenvalue weighted by Crippen LogP contribution is 2.18. The summed E-state index contributed by atoms with van der Waals surface area (Å²) in [5, 5.41) is 0. The Balaban J connectivity index is 3.60. The summed E-state index contributed by atoms with van der Waals surface area (Å²) in [6, 6.07) is 0. The van der Waals surface area contributed by atoms with Crippen molar-refractivity contribution in [2.75, 3.05) is 6.66 Å². The first-order valence-corrected chi connectivity index (χ1v) is 3.74. The molecule has 0 N–H and O–H groups in total. The van der Waals surface area contributed by atoms with Gasteiger partial charge < -0.3 is 0 Å². The third-order valence-electron chi connectivity index (χ3n) is 0.126. The predicted molar refractivity (Wildman–Crippen MR) is 24.4 cm³/mol. The molecule has 0 rings (SSSR count). The van der Waals surface area contributed by atoms with E-state index in [2.05, 4.69) is 0 Å². The Morgan fingerprint density at radius 2 is 2.20 bits per heavy atom. The topological polar surface area (TPSA) is 17.1 Å². The maximum absolute atomic E-state index is 9.28. The van der Waals surface area contributed by atoms with Crippen LogP contribution in [0.25, 0.3) is 0 Å². The summed E-state index contributed by atoms with van der Waals surface area (Å²) in [6.45, 7) is 0.697. The van der Waals surface area contributed by atoms with Crippen LogP contribution < -0.4 is 0 Å². The van der Waals surface area contributed by atoms with E-state index in [0.717, 1.165) is 0 Å². The van der Waals surface area contributed by atoms with Crippen molar-refractivity contribution in [1.82, 2.24) is 0 Å². The SMILES string of the molecule is C[P](Cl)=C=O. The van der Waals surface area contributed by atoms with Crippen molar-refractivity contribution in [3.05, 3.63) is 0 Å². The molecule has 0 bridgehead atoms. The minimum atomic E-state index is -0.932. The molecule has 0 aromatic heterocycles. The minimum absolute atomic E-state index is 0.932. The molecule has 0 aromatic rings. The van der Waals surface area contributed by atoms with Gasteiger partial charge >= 0.3 is 0 Å². The van der Waals surface area contributed by atoms with Crippen LogP contribution in [0.3, 0.4) is 0 Å².